The number of carbonyl (C=O) groups excluding carboxylic acids is 4. The zero-order valence-corrected chi connectivity index (χ0v) is 24.0. The van der Waals surface area contributed by atoms with Crippen molar-refractivity contribution in [3.8, 4) is 5.75 Å². The van der Waals surface area contributed by atoms with Crippen LogP contribution in [0.25, 0.3) is 0 Å². The summed E-state index contributed by atoms with van der Waals surface area (Å²) in [4.78, 5) is 59.0. The molecule has 1 heterocycles. The zero-order chi connectivity index (χ0) is 30.8. The van der Waals surface area contributed by atoms with Gasteiger partial charge >= 0.3 is 12.1 Å². The maximum atomic E-state index is 13.4. The van der Waals surface area contributed by atoms with Crippen molar-refractivity contribution >= 4 is 35.4 Å². The van der Waals surface area contributed by atoms with E-state index in [4.69, 9.17) is 15.2 Å². The van der Waals surface area contributed by atoms with E-state index < -0.39 is 24.8 Å². The average molecular weight is 578 g/mol. The SMILES string of the molecule is CCCNC(=O)c1ccc(C)c(N=C(N)c2[nH]cc(C(=O)N(CCC)C(=O)OCOC(=O)c3ccc(O)cc3)c2C)c1. The lowest BCUT2D eigenvalue weighted by molar-refractivity contribution is -0.0105. The van der Waals surface area contributed by atoms with Gasteiger partial charge in [-0.05, 0) is 74.2 Å². The number of ether oxygens (including phenoxy) is 2. The number of benzene rings is 2. The van der Waals surface area contributed by atoms with Gasteiger partial charge in [-0.1, -0.05) is 19.9 Å². The Balaban J connectivity index is 1.73. The molecule has 0 atom stereocenters. The molecule has 12 nitrogen and oxygen atoms in total. The second kappa shape index (κ2) is 14.5. The van der Waals surface area contributed by atoms with Crippen LogP contribution in [0.4, 0.5) is 10.5 Å². The fourth-order valence-corrected chi connectivity index (χ4v) is 3.92. The Labute approximate surface area is 243 Å². The highest BCUT2D eigenvalue weighted by molar-refractivity contribution is 6.07. The fourth-order valence-electron chi connectivity index (χ4n) is 3.92. The van der Waals surface area contributed by atoms with Crippen LogP contribution in [0.2, 0.25) is 0 Å². The number of aromatic nitrogens is 1. The van der Waals surface area contributed by atoms with Gasteiger partial charge in [0.25, 0.3) is 11.8 Å². The number of phenolic OH excluding ortho intramolecular Hbond substituents is 1. The van der Waals surface area contributed by atoms with Crippen molar-refractivity contribution in [1.82, 2.24) is 15.2 Å². The Bertz CT molecular complexity index is 1480. The second-order valence-electron chi connectivity index (χ2n) is 9.42. The lowest BCUT2D eigenvalue weighted by Crippen LogP contribution is -2.38. The van der Waals surface area contributed by atoms with E-state index in [1.165, 1.54) is 30.5 Å². The second-order valence-corrected chi connectivity index (χ2v) is 9.42. The first kappa shape index (κ1) is 31.4. The van der Waals surface area contributed by atoms with Gasteiger partial charge in [-0.15, -0.1) is 0 Å². The lowest BCUT2D eigenvalue weighted by Gasteiger charge is -2.19. The van der Waals surface area contributed by atoms with Crippen LogP contribution in [-0.4, -0.2) is 64.6 Å². The van der Waals surface area contributed by atoms with Crippen LogP contribution in [0.1, 0.15) is 74.6 Å². The Kier molecular flexibility index (Phi) is 10.8. The minimum atomic E-state index is -0.988. The predicted octanol–water partition coefficient (Wildman–Crippen LogP) is 4.32. The van der Waals surface area contributed by atoms with E-state index in [-0.39, 0.29) is 35.2 Å². The highest BCUT2D eigenvalue weighted by Crippen LogP contribution is 2.23. The number of esters is 1. The molecule has 2 aromatic carbocycles. The van der Waals surface area contributed by atoms with Crippen molar-refractivity contribution in [2.45, 2.75) is 40.5 Å². The molecule has 1 aromatic heterocycles. The molecule has 222 valence electrons. The molecule has 12 heteroatoms. The average Bonchev–Trinajstić information content (AvgIpc) is 3.36. The van der Waals surface area contributed by atoms with Gasteiger partial charge in [0.2, 0.25) is 6.79 Å². The number of aromatic amines is 1. The zero-order valence-electron chi connectivity index (χ0n) is 24.0. The number of amidine groups is 1. The summed E-state index contributed by atoms with van der Waals surface area (Å²) in [5, 5.41) is 12.2. The van der Waals surface area contributed by atoms with Gasteiger partial charge in [-0.3, -0.25) is 9.59 Å². The summed E-state index contributed by atoms with van der Waals surface area (Å²) in [6, 6.07) is 10.5. The highest BCUT2D eigenvalue weighted by atomic mass is 16.7. The Morgan fingerprint density at radius 2 is 1.69 bits per heavy atom. The summed E-state index contributed by atoms with van der Waals surface area (Å²) in [6.45, 7) is 7.16. The smallest absolute Gasteiger partial charge is 0.419 e. The normalized spacial score (nSPS) is 11.1. The van der Waals surface area contributed by atoms with E-state index >= 15 is 0 Å². The van der Waals surface area contributed by atoms with Crippen LogP contribution in [0.15, 0.2) is 53.7 Å². The number of rotatable bonds is 11. The summed E-state index contributed by atoms with van der Waals surface area (Å²) >= 11 is 0. The molecule has 0 radical (unpaired) electrons. The molecule has 0 bridgehead atoms. The number of carbonyl (C=O) groups is 4. The van der Waals surface area contributed by atoms with Gasteiger partial charge in [0.1, 0.15) is 11.6 Å². The van der Waals surface area contributed by atoms with Crippen LogP contribution in [-0.2, 0) is 9.47 Å². The highest BCUT2D eigenvalue weighted by Gasteiger charge is 2.27. The number of hydrogen-bond donors (Lipinski definition) is 4. The topological polar surface area (TPSA) is 176 Å². The van der Waals surface area contributed by atoms with Crippen molar-refractivity contribution in [2.24, 2.45) is 10.7 Å². The van der Waals surface area contributed by atoms with Crippen LogP contribution >= 0.6 is 0 Å². The number of aliphatic imine (C=N–C) groups is 1. The maximum absolute atomic E-state index is 13.4. The number of nitrogens with two attached hydrogens (primary N) is 1. The molecule has 42 heavy (non-hydrogen) atoms. The molecule has 0 aliphatic carbocycles. The fraction of sp³-hybridized carbons (Fsp3) is 0.300. The number of phenols is 1. The van der Waals surface area contributed by atoms with Crippen molar-refractivity contribution in [3.63, 3.8) is 0 Å². The Hall–Kier alpha value is -5.13. The number of nitrogens with one attached hydrogen (secondary N) is 2. The van der Waals surface area contributed by atoms with E-state index in [9.17, 15) is 24.3 Å². The van der Waals surface area contributed by atoms with Gasteiger partial charge in [-0.2, -0.15) is 0 Å². The van der Waals surface area contributed by atoms with Gasteiger partial charge in [0.15, 0.2) is 0 Å². The molecule has 0 aliphatic rings. The van der Waals surface area contributed by atoms with Gasteiger partial charge in [0.05, 0.1) is 22.5 Å². The molecule has 0 spiro atoms. The molecule has 3 rings (SSSR count). The monoisotopic (exact) mass is 577 g/mol. The third-order valence-corrected chi connectivity index (χ3v) is 6.26. The van der Waals surface area contributed by atoms with Crippen LogP contribution in [0, 0.1) is 13.8 Å². The summed E-state index contributed by atoms with van der Waals surface area (Å²) in [6.07, 6.45) is 1.70. The quantitative estimate of drug-likeness (QED) is 0.113. The van der Waals surface area contributed by atoms with Crippen molar-refractivity contribution in [2.75, 3.05) is 19.9 Å². The van der Waals surface area contributed by atoms with Gasteiger partial charge in [-0.25, -0.2) is 19.5 Å². The van der Waals surface area contributed by atoms with Crippen molar-refractivity contribution in [3.05, 3.63) is 82.2 Å². The summed E-state index contributed by atoms with van der Waals surface area (Å²) in [5.41, 5.74) is 9.22. The molecule has 3 aromatic rings. The third kappa shape index (κ3) is 7.74. The first-order chi connectivity index (χ1) is 20.1. The molecule has 3 amide bonds. The molecule has 0 fully saturated rings. The molecular weight excluding hydrogens is 542 g/mol. The first-order valence-corrected chi connectivity index (χ1v) is 13.4. The number of hydrogen-bond acceptors (Lipinski definition) is 8. The summed E-state index contributed by atoms with van der Waals surface area (Å²) in [7, 11) is 0. The molecule has 0 saturated heterocycles. The largest absolute Gasteiger partial charge is 0.508 e. The van der Waals surface area contributed by atoms with Gasteiger partial charge < -0.3 is 30.6 Å². The van der Waals surface area contributed by atoms with E-state index in [1.807, 2.05) is 13.8 Å². The Morgan fingerprint density at radius 3 is 2.36 bits per heavy atom. The van der Waals surface area contributed by atoms with E-state index in [0.29, 0.717) is 35.5 Å². The minimum absolute atomic E-state index is 0.0147. The summed E-state index contributed by atoms with van der Waals surface area (Å²) in [5.74, 6) is -1.54. The molecule has 0 aliphatic heterocycles. The number of imide groups is 1. The molecule has 0 unspecified atom stereocenters. The van der Waals surface area contributed by atoms with E-state index in [0.717, 1.165) is 16.9 Å². The number of aryl methyl sites for hydroxylation is 1. The van der Waals surface area contributed by atoms with Crippen LogP contribution in [0.5, 0.6) is 5.75 Å². The number of nitrogens with zero attached hydrogens (tertiary/aromatic N) is 2. The molecule has 0 saturated carbocycles. The predicted molar refractivity (Wildman–Crippen MR) is 156 cm³/mol. The van der Waals surface area contributed by atoms with E-state index in [1.54, 1.807) is 32.0 Å². The molecule has 5 N–H and O–H groups in total. The number of H-pyrrole nitrogens is 1. The van der Waals surface area contributed by atoms with Crippen molar-refractivity contribution in [1.29, 1.82) is 0 Å². The lowest BCUT2D eigenvalue weighted by atomic mass is 10.1. The standard InChI is InChI=1S/C30H35N5O7/c1-5-13-32-27(37)21-8-7-18(3)24(15-21)34-26(31)25-19(4)23(16-33-25)28(38)35(14-6-2)30(40)42-17-41-29(39)20-9-11-22(36)12-10-20/h7-12,15-16,33,36H,5-6,13-14,17H2,1-4H3,(H2,31,34)(H,32,37). The van der Waals surface area contributed by atoms with Crippen LogP contribution in [0.3, 0.4) is 0 Å². The molecular formula is C30H35N5O7. The minimum Gasteiger partial charge on any atom is -0.508 e. The maximum Gasteiger partial charge on any atom is 0.419 e. The van der Waals surface area contributed by atoms with Crippen molar-refractivity contribution < 1.29 is 33.8 Å². The van der Waals surface area contributed by atoms with Crippen LogP contribution < -0.4 is 11.1 Å². The van der Waals surface area contributed by atoms with Gasteiger partial charge in [0, 0.05) is 24.8 Å². The number of amides is 3. The van der Waals surface area contributed by atoms with E-state index in [2.05, 4.69) is 15.3 Å². The summed E-state index contributed by atoms with van der Waals surface area (Å²) < 4.78 is 9.99. The number of aromatic hydroxyl groups is 1. The third-order valence-electron chi connectivity index (χ3n) is 6.26. The Morgan fingerprint density at radius 1 is 1.00 bits per heavy atom. The first-order valence-electron chi connectivity index (χ1n) is 13.4.